The van der Waals surface area contributed by atoms with Crippen LogP contribution in [0, 0.1) is 0 Å². The smallest absolute Gasteiger partial charge is 0.166 e. The van der Waals surface area contributed by atoms with Crippen LogP contribution in [0.5, 0.6) is 0 Å². The van der Waals surface area contributed by atoms with Gasteiger partial charge in [0.2, 0.25) is 0 Å². The van der Waals surface area contributed by atoms with E-state index in [0.29, 0.717) is 11.7 Å². The summed E-state index contributed by atoms with van der Waals surface area (Å²) in [6.07, 6.45) is 9.15. The van der Waals surface area contributed by atoms with E-state index in [1.54, 1.807) is 18.3 Å². The molecule has 0 amide bonds. The highest BCUT2D eigenvalue weighted by molar-refractivity contribution is 5.71. The van der Waals surface area contributed by atoms with Crippen molar-refractivity contribution >= 4 is 6.29 Å². The van der Waals surface area contributed by atoms with Crippen molar-refractivity contribution in [1.29, 1.82) is 0 Å². The normalized spacial score (nSPS) is 16.9. The largest absolute Gasteiger partial charge is 0.359 e. The van der Waals surface area contributed by atoms with Crippen molar-refractivity contribution in [2.45, 2.75) is 38.1 Å². The first-order chi connectivity index (χ1) is 6.83. The lowest BCUT2D eigenvalue weighted by atomic mass is 9.97. The third-order valence-corrected chi connectivity index (χ3v) is 2.40. The van der Waals surface area contributed by atoms with Crippen molar-refractivity contribution in [3.63, 3.8) is 0 Å². The van der Waals surface area contributed by atoms with Gasteiger partial charge in [-0.05, 0) is 25.0 Å². The van der Waals surface area contributed by atoms with Crippen LogP contribution in [0.3, 0.4) is 0 Å². The number of aromatic amines is 1. The summed E-state index contributed by atoms with van der Waals surface area (Å²) in [5, 5.41) is 0. The number of carbonyl (C=O) groups is 1. The molecule has 3 N–H and O–H groups in total. The standard InChI is InChI=1S/C6H13N.C5H5NO/c7-6-4-2-1-3-5-6;7-4-5-2-1-3-6-5/h6H,1-5,7H2;1-4,6H. The number of H-pyrrole nitrogens is 1. The molecule has 1 saturated carbocycles. The van der Waals surface area contributed by atoms with Crippen LogP contribution in [-0.4, -0.2) is 17.3 Å². The average molecular weight is 194 g/mol. The molecule has 0 saturated heterocycles. The minimum absolute atomic E-state index is 0.536. The first-order valence-electron chi connectivity index (χ1n) is 5.17. The SMILES string of the molecule is NC1CCCCC1.O=Cc1ccc[nH]1. The maximum atomic E-state index is 9.84. The molecule has 1 aliphatic rings. The van der Waals surface area contributed by atoms with Gasteiger partial charge >= 0.3 is 0 Å². The molecule has 0 spiro atoms. The van der Waals surface area contributed by atoms with Crippen molar-refractivity contribution < 1.29 is 4.79 Å². The number of aldehydes is 1. The van der Waals surface area contributed by atoms with Gasteiger partial charge in [-0.2, -0.15) is 0 Å². The second-order valence-corrected chi connectivity index (χ2v) is 3.64. The third kappa shape index (κ3) is 4.23. The first kappa shape index (κ1) is 11.0. The Bertz CT molecular complexity index is 238. The predicted octanol–water partition coefficient (Wildman–Crippen LogP) is 2.10. The Labute approximate surface area is 84.7 Å². The molecule has 0 bridgehead atoms. The highest BCUT2D eigenvalue weighted by Gasteiger charge is 2.06. The third-order valence-electron chi connectivity index (χ3n) is 2.40. The Kier molecular flexibility index (Phi) is 5.00. The van der Waals surface area contributed by atoms with Crippen LogP contribution in [-0.2, 0) is 0 Å². The summed E-state index contributed by atoms with van der Waals surface area (Å²) in [5.74, 6) is 0. The molecule has 2 rings (SSSR count). The lowest BCUT2D eigenvalue weighted by Crippen LogP contribution is -2.22. The van der Waals surface area contributed by atoms with Crippen LogP contribution >= 0.6 is 0 Å². The lowest BCUT2D eigenvalue weighted by Gasteiger charge is -2.15. The van der Waals surface area contributed by atoms with E-state index in [-0.39, 0.29) is 0 Å². The molecule has 1 fully saturated rings. The fraction of sp³-hybridized carbons (Fsp3) is 0.545. The molecular weight excluding hydrogens is 176 g/mol. The van der Waals surface area contributed by atoms with Crippen LogP contribution in [0.2, 0.25) is 0 Å². The van der Waals surface area contributed by atoms with Gasteiger partial charge in [0.25, 0.3) is 0 Å². The molecule has 14 heavy (non-hydrogen) atoms. The molecule has 1 aromatic rings. The zero-order valence-electron chi connectivity index (χ0n) is 8.41. The molecule has 3 heteroatoms. The highest BCUT2D eigenvalue weighted by Crippen LogP contribution is 2.14. The van der Waals surface area contributed by atoms with Gasteiger partial charge < -0.3 is 10.7 Å². The van der Waals surface area contributed by atoms with Gasteiger partial charge in [0.15, 0.2) is 6.29 Å². The van der Waals surface area contributed by atoms with E-state index >= 15 is 0 Å². The predicted molar refractivity (Wildman–Crippen MR) is 57.2 cm³/mol. The van der Waals surface area contributed by atoms with Gasteiger partial charge in [-0.15, -0.1) is 0 Å². The molecule has 0 unspecified atom stereocenters. The van der Waals surface area contributed by atoms with Crippen LogP contribution in [0.15, 0.2) is 18.3 Å². The van der Waals surface area contributed by atoms with Gasteiger partial charge in [0, 0.05) is 12.2 Å². The van der Waals surface area contributed by atoms with Crippen molar-refractivity contribution in [2.24, 2.45) is 5.73 Å². The summed E-state index contributed by atoms with van der Waals surface area (Å²) in [7, 11) is 0. The van der Waals surface area contributed by atoms with Gasteiger partial charge in [-0.3, -0.25) is 4.79 Å². The van der Waals surface area contributed by atoms with E-state index in [1.165, 1.54) is 32.1 Å². The monoisotopic (exact) mass is 194 g/mol. The topological polar surface area (TPSA) is 58.9 Å². The van der Waals surface area contributed by atoms with Gasteiger partial charge in [0.1, 0.15) is 0 Å². The zero-order valence-corrected chi connectivity index (χ0v) is 8.41. The molecule has 1 heterocycles. The van der Waals surface area contributed by atoms with E-state index in [2.05, 4.69) is 4.98 Å². The summed E-state index contributed by atoms with van der Waals surface area (Å²) < 4.78 is 0. The number of nitrogens with two attached hydrogens (primary N) is 1. The van der Waals surface area contributed by atoms with Crippen LogP contribution in [0.4, 0.5) is 0 Å². The maximum absolute atomic E-state index is 9.84. The zero-order chi connectivity index (χ0) is 10.2. The van der Waals surface area contributed by atoms with E-state index < -0.39 is 0 Å². The number of hydrogen-bond acceptors (Lipinski definition) is 2. The van der Waals surface area contributed by atoms with E-state index in [0.717, 1.165) is 6.29 Å². The Hall–Kier alpha value is -1.09. The van der Waals surface area contributed by atoms with E-state index in [9.17, 15) is 4.79 Å². The van der Waals surface area contributed by atoms with E-state index in [1.807, 2.05) is 0 Å². The Morgan fingerprint density at radius 3 is 2.36 bits per heavy atom. The Morgan fingerprint density at radius 1 is 1.36 bits per heavy atom. The fourth-order valence-corrected chi connectivity index (χ4v) is 1.55. The average Bonchev–Trinajstić information content (AvgIpc) is 2.72. The summed E-state index contributed by atoms with van der Waals surface area (Å²) >= 11 is 0. The van der Waals surface area contributed by atoms with Crippen molar-refractivity contribution in [2.75, 3.05) is 0 Å². The molecule has 0 radical (unpaired) electrons. The van der Waals surface area contributed by atoms with Crippen LogP contribution < -0.4 is 5.73 Å². The molecule has 3 nitrogen and oxygen atoms in total. The quantitative estimate of drug-likeness (QED) is 0.673. The molecule has 1 aromatic heterocycles. The number of carbonyl (C=O) groups excluding carboxylic acids is 1. The number of rotatable bonds is 1. The summed E-state index contributed by atoms with van der Waals surface area (Å²) in [6.45, 7) is 0. The van der Waals surface area contributed by atoms with Crippen molar-refractivity contribution in [1.82, 2.24) is 4.98 Å². The lowest BCUT2D eigenvalue weighted by molar-refractivity contribution is 0.111. The van der Waals surface area contributed by atoms with Crippen molar-refractivity contribution in [3.05, 3.63) is 24.0 Å². The Balaban J connectivity index is 0.000000140. The first-order valence-corrected chi connectivity index (χ1v) is 5.17. The molecule has 1 aliphatic carbocycles. The summed E-state index contributed by atoms with van der Waals surface area (Å²) in [4.78, 5) is 12.6. The number of hydrogen-bond donors (Lipinski definition) is 2. The number of aromatic nitrogens is 1. The highest BCUT2D eigenvalue weighted by atomic mass is 16.1. The van der Waals surface area contributed by atoms with Gasteiger partial charge in [-0.25, -0.2) is 0 Å². The summed E-state index contributed by atoms with van der Waals surface area (Å²) in [6, 6.07) is 4.03. The molecular formula is C11H18N2O. The minimum Gasteiger partial charge on any atom is -0.359 e. The van der Waals surface area contributed by atoms with Crippen LogP contribution in [0.25, 0.3) is 0 Å². The van der Waals surface area contributed by atoms with E-state index in [4.69, 9.17) is 5.73 Å². The molecule has 0 aromatic carbocycles. The second-order valence-electron chi connectivity index (χ2n) is 3.64. The second kappa shape index (κ2) is 6.38. The molecule has 0 atom stereocenters. The molecule has 78 valence electrons. The Morgan fingerprint density at radius 2 is 2.07 bits per heavy atom. The van der Waals surface area contributed by atoms with Gasteiger partial charge in [0.05, 0.1) is 5.69 Å². The minimum atomic E-state index is 0.536. The van der Waals surface area contributed by atoms with Gasteiger partial charge in [-0.1, -0.05) is 19.3 Å². The van der Waals surface area contributed by atoms with Crippen molar-refractivity contribution in [3.8, 4) is 0 Å². The fourth-order valence-electron chi connectivity index (χ4n) is 1.55. The summed E-state index contributed by atoms with van der Waals surface area (Å²) in [5.41, 5.74) is 6.26. The number of nitrogens with one attached hydrogen (secondary N) is 1. The maximum Gasteiger partial charge on any atom is 0.166 e. The van der Waals surface area contributed by atoms with Crippen LogP contribution in [0.1, 0.15) is 42.6 Å². The molecule has 0 aliphatic heterocycles.